The van der Waals surface area contributed by atoms with Crippen LogP contribution in [0, 0.1) is 5.92 Å². The second-order valence-electron chi connectivity index (χ2n) is 7.94. The van der Waals surface area contributed by atoms with Crippen molar-refractivity contribution in [3.8, 4) is 5.75 Å². The van der Waals surface area contributed by atoms with Gasteiger partial charge in [0.05, 0.1) is 7.11 Å². The topological polar surface area (TPSA) is 96.5 Å². The predicted molar refractivity (Wildman–Crippen MR) is 122 cm³/mol. The highest BCUT2D eigenvalue weighted by Gasteiger charge is 2.16. The lowest BCUT2D eigenvalue weighted by molar-refractivity contribution is -0.121. The molecule has 31 heavy (non-hydrogen) atoms. The van der Waals surface area contributed by atoms with E-state index in [1.807, 2.05) is 0 Å². The zero-order valence-electron chi connectivity index (χ0n) is 18.2. The molecule has 168 valence electrons. The summed E-state index contributed by atoms with van der Waals surface area (Å²) in [6, 6.07) is 7.06. The van der Waals surface area contributed by atoms with Crippen LogP contribution in [0.2, 0.25) is 0 Å². The van der Waals surface area contributed by atoms with Crippen LogP contribution in [-0.4, -0.2) is 60.2 Å². The average Bonchev–Trinajstić information content (AvgIpc) is 3.25. The Morgan fingerprint density at radius 2 is 2.06 bits per heavy atom. The van der Waals surface area contributed by atoms with Crippen LogP contribution in [0.5, 0.6) is 5.75 Å². The highest BCUT2D eigenvalue weighted by Crippen LogP contribution is 2.18. The van der Waals surface area contributed by atoms with E-state index in [-0.39, 0.29) is 16.8 Å². The first-order valence-corrected chi connectivity index (χ1v) is 11.6. The van der Waals surface area contributed by atoms with Crippen molar-refractivity contribution in [2.45, 2.75) is 39.0 Å². The molecule has 2 heterocycles. The van der Waals surface area contributed by atoms with Gasteiger partial charge in [-0.15, -0.1) is 10.2 Å². The molecule has 0 saturated carbocycles. The highest BCUT2D eigenvalue weighted by molar-refractivity contribution is 7.13. The molecule has 2 aromatic rings. The number of likely N-dealkylation sites (tertiary alicyclic amines) is 1. The summed E-state index contributed by atoms with van der Waals surface area (Å²) in [5, 5.41) is 14.7. The monoisotopic (exact) mass is 445 g/mol. The van der Waals surface area contributed by atoms with Gasteiger partial charge >= 0.3 is 0 Å². The van der Waals surface area contributed by atoms with Gasteiger partial charge in [0, 0.05) is 31.6 Å². The van der Waals surface area contributed by atoms with Crippen LogP contribution >= 0.6 is 11.3 Å². The van der Waals surface area contributed by atoms with Crippen LogP contribution in [0.15, 0.2) is 24.3 Å². The van der Waals surface area contributed by atoms with E-state index < -0.39 is 0 Å². The van der Waals surface area contributed by atoms with Crippen molar-refractivity contribution < 1.29 is 14.3 Å². The normalized spacial score (nSPS) is 16.6. The smallest absolute Gasteiger partial charge is 0.286 e. The number of amides is 2. The summed E-state index contributed by atoms with van der Waals surface area (Å²) in [5.41, 5.74) is 0.654. The molecule has 0 spiro atoms. The molecule has 8 nitrogen and oxygen atoms in total. The number of nitrogens with one attached hydrogen (secondary N) is 2. The Hall–Kier alpha value is -2.52. The molecule has 1 aromatic carbocycles. The van der Waals surface area contributed by atoms with E-state index in [0.29, 0.717) is 30.1 Å². The Morgan fingerprint density at radius 1 is 1.26 bits per heavy atom. The largest absolute Gasteiger partial charge is 0.497 e. The Kier molecular flexibility index (Phi) is 8.78. The lowest BCUT2D eigenvalue weighted by Gasteiger charge is -2.30. The van der Waals surface area contributed by atoms with E-state index in [1.165, 1.54) is 37.3 Å². The van der Waals surface area contributed by atoms with Gasteiger partial charge in [0.25, 0.3) is 5.91 Å². The molecule has 1 aromatic heterocycles. The van der Waals surface area contributed by atoms with Gasteiger partial charge in [0.1, 0.15) is 10.8 Å². The molecule has 2 amide bonds. The Morgan fingerprint density at radius 3 is 2.81 bits per heavy atom. The van der Waals surface area contributed by atoms with Crippen molar-refractivity contribution in [1.29, 1.82) is 0 Å². The standard InChI is InChI=1S/C22H31N5O3S/c1-16-5-3-13-27(15-16)14-4-12-23-19(28)10-11-20-25-26-22(31-20)21(29)24-17-6-8-18(30-2)9-7-17/h6-9,16H,3-5,10-15H2,1-2H3,(H,23,28)(H,24,29)/t16-/m1/s1. The molecule has 1 aliphatic rings. The van der Waals surface area contributed by atoms with Crippen LogP contribution in [-0.2, 0) is 11.2 Å². The molecular weight excluding hydrogens is 414 g/mol. The molecule has 1 fully saturated rings. The number of carbonyl (C=O) groups is 2. The lowest BCUT2D eigenvalue weighted by atomic mass is 10.0. The van der Waals surface area contributed by atoms with Crippen LogP contribution in [0.4, 0.5) is 5.69 Å². The van der Waals surface area contributed by atoms with Gasteiger partial charge in [0.15, 0.2) is 0 Å². The van der Waals surface area contributed by atoms with Gasteiger partial charge in [-0.3, -0.25) is 9.59 Å². The second kappa shape index (κ2) is 11.8. The van der Waals surface area contributed by atoms with Crippen LogP contribution in [0.1, 0.15) is 47.4 Å². The Balaban J connectivity index is 1.34. The molecule has 1 saturated heterocycles. The van der Waals surface area contributed by atoms with Crippen molar-refractivity contribution in [2.24, 2.45) is 5.92 Å². The van der Waals surface area contributed by atoms with E-state index in [4.69, 9.17) is 4.74 Å². The van der Waals surface area contributed by atoms with Crippen molar-refractivity contribution in [3.05, 3.63) is 34.3 Å². The van der Waals surface area contributed by atoms with E-state index in [2.05, 4.69) is 32.7 Å². The van der Waals surface area contributed by atoms with Crippen LogP contribution < -0.4 is 15.4 Å². The quantitative estimate of drug-likeness (QED) is 0.546. The number of aromatic nitrogens is 2. The van der Waals surface area contributed by atoms with Crippen molar-refractivity contribution >= 4 is 28.8 Å². The number of hydrogen-bond donors (Lipinski definition) is 2. The van der Waals surface area contributed by atoms with E-state index in [1.54, 1.807) is 31.4 Å². The minimum Gasteiger partial charge on any atom is -0.497 e. The molecule has 0 radical (unpaired) electrons. The molecule has 0 unspecified atom stereocenters. The zero-order chi connectivity index (χ0) is 22.1. The van der Waals surface area contributed by atoms with Crippen LogP contribution in [0.25, 0.3) is 0 Å². The van der Waals surface area contributed by atoms with E-state index in [9.17, 15) is 9.59 Å². The third-order valence-electron chi connectivity index (χ3n) is 5.29. The number of benzene rings is 1. The first-order valence-electron chi connectivity index (χ1n) is 10.8. The number of aryl methyl sites for hydroxylation is 1. The zero-order valence-corrected chi connectivity index (χ0v) is 19.0. The summed E-state index contributed by atoms with van der Waals surface area (Å²) in [5.74, 6) is 1.19. The third kappa shape index (κ3) is 7.59. The fourth-order valence-corrected chi connectivity index (χ4v) is 4.37. The summed E-state index contributed by atoms with van der Waals surface area (Å²) >= 11 is 1.21. The van der Waals surface area contributed by atoms with Gasteiger partial charge in [0.2, 0.25) is 10.9 Å². The molecule has 1 aliphatic heterocycles. The van der Waals surface area contributed by atoms with Gasteiger partial charge < -0.3 is 20.3 Å². The van der Waals surface area contributed by atoms with Gasteiger partial charge in [-0.25, -0.2) is 0 Å². The lowest BCUT2D eigenvalue weighted by Crippen LogP contribution is -2.36. The number of rotatable bonds is 10. The number of hydrogen-bond acceptors (Lipinski definition) is 7. The summed E-state index contributed by atoms with van der Waals surface area (Å²) in [4.78, 5) is 26.9. The minimum absolute atomic E-state index is 0.00597. The van der Waals surface area contributed by atoms with Gasteiger partial charge in [-0.2, -0.15) is 0 Å². The van der Waals surface area contributed by atoms with Crippen molar-refractivity contribution in [2.75, 3.05) is 38.6 Å². The molecule has 1 atom stereocenters. The maximum atomic E-state index is 12.3. The maximum absolute atomic E-state index is 12.3. The van der Waals surface area contributed by atoms with Gasteiger partial charge in [-0.1, -0.05) is 18.3 Å². The number of methoxy groups -OCH3 is 1. The fourth-order valence-electron chi connectivity index (χ4n) is 3.63. The number of ether oxygens (including phenoxy) is 1. The SMILES string of the molecule is COc1ccc(NC(=O)c2nnc(CCC(=O)NCCCN3CCC[C@@H](C)C3)s2)cc1. The first-order chi connectivity index (χ1) is 15.0. The summed E-state index contributed by atoms with van der Waals surface area (Å²) in [7, 11) is 1.59. The number of piperidine rings is 1. The number of carbonyl (C=O) groups excluding carboxylic acids is 2. The number of nitrogens with zero attached hydrogens (tertiary/aromatic N) is 3. The molecular formula is C22H31N5O3S. The molecule has 2 N–H and O–H groups in total. The number of anilines is 1. The van der Waals surface area contributed by atoms with E-state index >= 15 is 0 Å². The second-order valence-corrected chi connectivity index (χ2v) is 9.00. The predicted octanol–water partition coefficient (Wildman–Crippen LogP) is 2.97. The summed E-state index contributed by atoms with van der Waals surface area (Å²) in [6.45, 7) is 6.36. The maximum Gasteiger partial charge on any atom is 0.286 e. The summed E-state index contributed by atoms with van der Waals surface area (Å²) < 4.78 is 5.10. The van der Waals surface area contributed by atoms with Crippen molar-refractivity contribution in [1.82, 2.24) is 20.4 Å². The average molecular weight is 446 g/mol. The van der Waals surface area contributed by atoms with Crippen molar-refractivity contribution in [3.63, 3.8) is 0 Å². The Bertz CT molecular complexity index is 855. The molecule has 9 heteroatoms. The Labute approximate surface area is 187 Å². The minimum atomic E-state index is -0.314. The van der Waals surface area contributed by atoms with E-state index in [0.717, 1.165) is 24.6 Å². The van der Waals surface area contributed by atoms with Crippen LogP contribution in [0.3, 0.4) is 0 Å². The fraction of sp³-hybridized carbons (Fsp3) is 0.545. The first kappa shape index (κ1) is 23.1. The van der Waals surface area contributed by atoms with Gasteiger partial charge in [-0.05, 0) is 62.5 Å². The molecule has 0 bridgehead atoms. The molecule has 3 rings (SSSR count). The summed E-state index contributed by atoms with van der Waals surface area (Å²) in [6.07, 6.45) is 4.38. The highest BCUT2D eigenvalue weighted by atomic mass is 32.1. The third-order valence-corrected chi connectivity index (χ3v) is 6.27. The molecule has 0 aliphatic carbocycles.